The van der Waals surface area contributed by atoms with Gasteiger partial charge in [-0.25, -0.2) is 4.68 Å². The number of rotatable bonds is 2. The van der Waals surface area contributed by atoms with Crippen LogP contribution < -0.4 is 5.73 Å². The van der Waals surface area contributed by atoms with Gasteiger partial charge in [0, 0.05) is 12.2 Å². The van der Waals surface area contributed by atoms with Crippen molar-refractivity contribution in [2.45, 2.75) is 25.8 Å². The zero-order valence-corrected chi connectivity index (χ0v) is 9.56. The molecule has 0 amide bonds. The summed E-state index contributed by atoms with van der Waals surface area (Å²) < 4.78 is 1.96. The number of nitrogens with zero attached hydrogens (tertiary/aromatic N) is 2. The number of nitrogens with two attached hydrogens (primary N) is 1. The minimum absolute atomic E-state index is 0.275. The van der Waals surface area contributed by atoms with Gasteiger partial charge in [-0.15, -0.1) is 0 Å². The lowest BCUT2D eigenvalue weighted by Gasteiger charge is -2.05. The van der Waals surface area contributed by atoms with Crippen LogP contribution in [0.1, 0.15) is 23.4 Å². The lowest BCUT2D eigenvalue weighted by Crippen LogP contribution is -2.03. The van der Waals surface area contributed by atoms with Crippen LogP contribution in [0.3, 0.4) is 0 Å². The van der Waals surface area contributed by atoms with Crippen LogP contribution in [0, 0.1) is 0 Å². The average molecular weight is 229 g/mol. The van der Waals surface area contributed by atoms with Gasteiger partial charge in [0.15, 0.2) is 0 Å². The van der Waals surface area contributed by atoms with Crippen LogP contribution >= 0.6 is 0 Å². The second-order valence-corrected chi connectivity index (χ2v) is 4.36. The Hall–Kier alpha value is -1.81. The fourth-order valence-corrected chi connectivity index (χ4v) is 2.49. The highest BCUT2D eigenvalue weighted by Gasteiger charge is 2.22. The van der Waals surface area contributed by atoms with E-state index < -0.39 is 0 Å². The summed E-state index contributed by atoms with van der Waals surface area (Å²) >= 11 is 0. The number of fused-ring (bicyclic) bond motifs is 1. The molecule has 0 radical (unpaired) electrons. The van der Waals surface area contributed by atoms with Gasteiger partial charge in [0.05, 0.1) is 11.4 Å². The van der Waals surface area contributed by atoms with Crippen molar-refractivity contribution in [3.8, 4) is 11.4 Å². The van der Waals surface area contributed by atoms with Gasteiger partial charge in [-0.3, -0.25) is 0 Å². The topological polar surface area (TPSA) is 64.1 Å². The molecule has 1 aromatic carbocycles. The van der Waals surface area contributed by atoms with E-state index in [9.17, 15) is 5.11 Å². The molecule has 17 heavy (non-hydrogen) atoms. The molecule has 0 saturated carbocycles. The lowest BCUT2D eigenvalue weighted by molar-refractivity contribution is 0.475. The predicted molar refractivity (Wildman–Crippen MR) is 65.1 cm³/mol. The van der Waals surface area contributed by atoms with Gasteiger partial charge in [0.1, 0.15) is 5.75 Å². The largest absolute Gasteiger partial charge is 0.508 e. The molecule has 4 heteroatoms. The number of benzene rings is 1. The second kappa shape index (κ2) is 3.89. The van der Waals surface area contributed by atoms with Crippen LogP contribution in [0.25, 0.3) is 5.69 Å². The number of hydrogen-bond donors (Lipinski definition) is 2. The van der Waals surface area contributed by atoms with E-state index in [4.69, 9.17) is 5.73 Å². The molecule has 0 saturated heterocycles. The van der Waals surface area contributed by atoms with E-state index in [0.717, 1.165) is 24.2 Å². The summed E-state index contributed by atoms with van der Waals surface area (Å²) in [5.74, 6) is 0.275. The number of aromatic nitrogens is 2. The first-order chi connectivity index (χ1) is 8.29. The molecule has 0 aliphatic heterocycles. The summed E-state index contributed by atoms with van der Waals surface area (Å²) in [6.07, 6.45) is 3.32. The Labute approximate surface area is 99.7 Å². The van der Waals surface area contributed by atoms with Crippen molar-refractivity contribution in [3.63, 3.8) is 0 Å². The monoisotopic (exact) mass is 229 g/mol. The lowest BCUT2D eigenvalue weighted by atomic mass is 10.2. The minimum Gasteiger partial charge on any atom is -0.508 e. The van der Waals surface area contributed by atoms with Crippen LogP contribution in [0.5, 0.6) is 5.75 Å². The molecule has 1 aliphatic carbocycles. The summed E-state index contributed by atoms with van der Waals surface area (Å²) in [7, 11) is 0. The SMILES string of the molecule is NCc1nn(-c2ccc(O)cc2)c2c1CCC2. The molecular weight excluding hydrogens is 214 g/mol. The highest BCUT2D eigenvalue weighted by molar-refractivity contribution is 5.42. The van der Waals surface area contributed by atoms with Crippen LogP contribution in [0.2, 0.25) is 0 Å². The van der Waals surface area contributed by atoms with Crippen molar-refractivity contribution < 1.29 is 5.11 Å². The van der Waals surface area contributed by atoms with Crippen molar-refractivity contribution in [1.29, 1.82) is 0 Å². The second-order valence-electron chi connectivity index (χ2n) is 4.36. The Morgan fingerprint density at radius 2 is 2.00 bits per heavy atom. The van der Waals surface area contributed by atoms with Crippen molar-refractivity contribution in [1.82, 2.24) is 9.78 Å². The third-order valence-electron chi connectivity index (χ3n) is 3.30. The Morgan fingerprint density at radius 1 is 1.24 bits per heavy atom. The molecule has 4 nitrogen and oxygen atoms in total. The van der Waals surface area contributed by atoms with E-state index in [-0.39, 0.29) is 5.75 Å². The minimum atomic E-state index is 0.275. The van der Waals surface area contributed by atoms with Crippen LogP contribution in [0.4, 0.5) is 0 Å². The summed E-state index contributed by atoms with van der Waals surface area (Å²) in [5.41, 5.74) is 10.3. The normalized spacial score (nSPS) is 13.9. The van der Waals surface area contributed by atoms with E-state index in [1.54, 1.807) is 12.1 Å². The molecule has 1 aromatic heterocycles. The molecule has 0 fully saturated rings. The van der Waals surface area contributed by atoms with Crippen LogP contribution in [-0.4, -0.2) is 14.9 Å². The molecule has 1 heterocycles. The predicted octanol–water partition coefficient (Wildman–Crippen LogP) is 1.53. The Balaban J connectivity index is 2.12. The Bertz CT molecular complexity index is 543. The maximum absolute atomic E-state index is 9.30. The molecule has 0 bridgehead atoms. The fraction of sp³-hybridized carbons (Fsp3) is 0.308. The number of hydrogen-bond acceptors (Lipinski definition) is 3. The zero-order valence-electron chi connectivity index (χ0n) is 9.56. The number of phenolic OH excluding ortho intramolecular Hbond substituents is 1. The van der Waals surface area contributed by atoms with Gasteiger partial charge in [-0.1, -0.05) is 0 Å². The van der Waals surface area contributed by atoms with Gasteiger partial charge < -0.3 is 10.8 Å². The van der Waals surface area contributed by atoms with Crippen molar-refractivity contribution in [2.75, 3.05) is 0 Å². The smallest absolute Gasteiger partial charge is 0.115 e. The summed E-state index contributed by atoms with van der Waals surface area (Å²) in [4.78, 5) is 0. The van der Waals surface area contributed by atoms with E-state index >= 15 is 0 Å². The van der Waals surface area contributed by atoms with Crippen molar-refractivity contribution >= 4 is 0 Å². The summed E-state index contributed by atoms with van der Waals surface area (Å²) in [6.45, 7) is 0.493. The van der Waals surface area contributed by atoms with Gasteiger partial charge in [-0.05, 0) is 49.1 Å². The van der Waals surface area contributed by atoms with E-state index in [2.05, 4.69) is 5.10 Å². The third kappa shape index (κ3) is 1.61. The van der Waals surface area contributed by atoms with Crippen LogP contribution in [-0.2, 0) is 19.4 Å². The molecular formula is C13H15N3O. The number of aromatic hydroxyl groups is 1. The molecule has 3 N–H and O–H groups in total. The third-order valence-corrected chi connectivity index (χ3v) is 3.30. The van der Waals surface area contributed by atoms with E-state index in [1.807, 2.05) is 16.8 Å². The van der Waals surface area contributed by atoms with Crippen LogP contribution in [0.15, 0.2) is 24.3 Å². The van der Waals surface area contributed by atoms with Gasteiger partial charge >= 0.3 is 0 Å². The first-order valence-corrected chi connectivity index (χ1v) is 5.88. The summed E-state index contributed by atoms with van der Waals surface area (Å²) in [5, 5.41) is 13.9. The van der Waals surface area contributed by atoms with Crippen molar-refractivity contribution in [2.24, 2.45) is 5.73 Å². The standard InChI is InChI=1S/C13H15N3O/c14-8-12-11-2-1-3-13(11)16(15-12)9-4-6-10(17)7-5-9/h4-7,17H,1-3,8,14H2. The molecule has 0 spiro atoms. The molecule has 0 atom stereocenters. The zero-order chi connectivity index (χ0) is 11.8. The average Bonchev–Trinajstić information content (AvgIpc) is 2.91. The van der Waals surface area contributed by atoms with Gasteiger partial charge in [0.25, 0.3) is 0 Å². The van der Waals surface area contributed by atoms with Crippen molar-refractivity contribution in [3.05, 3.63) is 41.2 Å². The quantitative estimate of drug-likeness (QED) is 0.820. The highest BCUT2D eigenvalue weighted by atomic mass is 16.3. The maximum atomic E-state index is 9.30. The Morgan fingerprint density at radius 3 is 2.71 bits per heavy atom. The molecule has 88 valence electrons. The summed E-state index contributed by atoms with van der Waals surface area (Å²) in [6, 6.07) is 7.11. The first-order valence-electron chi connectivity index (χ1n) is 5.88. The van der Waals surface area contributed by atoms with E-state index in [0.29, 0.717) is 6.54 Å². The fourth-order valence-electron chi connectivity index (χ4n) is 2.49. The first kappa shape index (κ1) is 10.4. The molecule has 1 aliphatic rings. The number of phenols is 1. The van der Waals surface area contributed by atoms with Gasteiger partial charge in [0.2, 0.25) is 0 Å². The molecule has 3 rings (SSSR count). The molecule has 0 unspecified atom stereocenters. The van der Waals surface area contributed by atoms with E-state index in [1.165, 1.54) is 17.7 Å². The Kier molecular flexibility index (Phi) is 2.37. The maximum Gasteiger partial charge on any atom is 0.115 e. The highest BCUT2D eigenvalue weighted by Crippen LogP contribution is 2.27. The molecule has 2 aromatic rings. The van der Waals surface area contributed by atoms with Gasteiger partial charge in [-0.2, -0.15) is 5.10 Å².